The summed E-state index contributed by atoms with van der Waals surface area (Å²) in [4.78, 5) is 11.5. The lowest BCUT2D eigenvalue weighted by Crippen LogP contribution is -2.15. The molecule has 0 bridgehead atoms. The fraction of sp³-hybridized carbons (Fsp3) is 0.500. The van der Waals surface area contributed by atoms with E-state index in [4.69, 9.17) is 21.1 Å². The first-order valence-electron chi connectivity index (χ1n) is 6.38. The lowest BCUT2D eigenvalue weighted by Gasteiger charge is -2.13. The third-order valence-electron chi connectivity index (χ3n) is 2.95. The van der Waals surface area contributed by atoms with Gasteiger partial charge in [0, 0.05) is 0 Å². The third-order valence-corrected chi connectivity index (χ3v) is 3.26. The predicted octanol–water partition coefficient (Wildman–Crippen LogP) is 2.73. The van der Waals surface area contributed by atoms with Crippen LogP contribution in [0.3, 0.4) is 0 Å². The number of hydrogen-bond acceptors (Lipinski definition) is 4. The number of carbonyl (C=O) groups excluding carboxylic acids is 1. The van der Waals surface area contributed by atoms with Gasteiger partial charge in [0.25, 0.3) is 0 Å². The summed E-state index contributed by atoms with van der Waals surface area (Å²) in [5, 5.41) is 10.3. The average molecular weight is 285 g/mol. The molecule has 0 spiro atoms. The Hall–Kier alpha value is -1.26. The van der Waals surface area contributed by atoms with Crippen LogP contribution in [-0.2, 0) is 9.53 Å². The van der Waals surface area contributed by atoms with Crippen LogP contribution in [0.5, 0.6) is 5.75 Å². The Kier molecular flexibility index (Phi) is 4.66. The van der Waals surface area contributed by atoms with Crippen LogP contribution in [0.2, 0.25) is 5.02 Å². The quantitative estimate of drug-likeness (QED) is 0.816. The summed E-state index contributed by atoms with van der Waals surface area (Å²) in [5.41, 5.74) is 0.425. The standard InChI is InChI=1S/C14H17ClO4/c1-2-18-14(17)13(16)10-5-6-11(15)12(7-10)19-8-9-3-4-9/h5-7,9,13,16H,2-4,8H2,1H3. The van der Waals surface area contributed by atoms with Gasteiger partial charge in [-0.25, -0.2) is 4.79 Å². The first kappa shape index (κ1) is 14.2. The van der Waals surface area contributed by atoms with E-state index in [-0.39, 0.29) is 6.61 Å². The average Bonchev–Trinajstić information content (AvgIpc) is 3.21. The molecule has 2 rings (SSSR count). The van der Waals surface area contributed by atoms with Crippen LogP contribution in [-0.4, -0.2) is 24.3 Å². The number of esters is 1. The van der Waals surface area contributed by atoms with Gasteiger partial charge in [-0.2, -0.15) is 0 Å². The maximum Gasteiger partial charge on any atom is 0.339 e. The molecule has 1 fully saturated rings. The van der Waals surface area contributed by atoms with Gasteiger partial charge in [-0.1, -0.05) is 17.7 Å². The number of hydrogen-bond donors (Lipinski definition) is 1. The highest BCUT2D eigenvalue weighted by Crippen LogP contribution is 2.33. The molecular weight excluding hydrogens is 268 g/mol. The van der Waals surface area contributed by atoms with Gasteiger partial charge in [-0.05, 0) is 43.4 Å². The highest BCUT2D eigenvalue weighted by atomic mass is 35.5. The summed E-state index contributed by atoms with van der Waals surface area (Å²) in [6.45, 7) is 2.55. The van der Waals surface area contributed by atoms with Gasteiger partial charge >= 0.3 is 5.97 Å². The highest BCUT2D eigenvalue weighted by Gasteiger charge is 2.23. The van der Waals surface area contributed by atoms with Crippen LogP contribution in [0.25, 0.3) is 0 Å². The number of ether oxygens (including phenoxy) is 2. The molecule has 1 aliphatic carbocycles. The topological polar surface area (TPSA) is 55.8 Å². The summed E-state index contributed by atoms with van der Waals surface area (Å²) >= 11 is 6.02. The zero-order valence-electron chi connectivity index (χ0n) is 10.8. The molecule has 0 saturated heterocycles. The minimum Gasteiger partial charge on any atom is -0.492 e. The molecule has 19 heavy (non-hydrogen) atoms. The SMILES string of the molecule is CCOC(=O)C(O)c1ccc(Cl)c(OCC2CC2)c1. The Bertz CT molecular complexity index is 457. The summed E-state index contributed by atoms with van der Waals surface area (Å²) in [6, 6.07) is 4.79. The smallest absolute Gasteiger partial charge is 0.339 e. The fourth-order valence-corrected chi connectivity index (χ4v) is 1.82. The van der Waals surface area contributed by atoms with Crippen molar-refractivity contribution in [1.29, 1.82) is 0 Å². The zero-order valence-corrected chi connectivity index (χ0v) is 11.5. The van der Waals surface area contributed by atoms with Crippen LogP contribution in [0, 0.1) is 5.92 Å². The van der Waals surface area contributed by atoms with Crippen molar-refractivity contribution in [2.24, 2.45) is 5.92 Å². The van der Waals surface area contributed by atoms with Crippen molar-refractivity contribution in [3.05, 3.63) is 28.8 Å². The number of rotatable bonds is 6. The molecule has 0 aromatic heterocycles. The minimum absolute atomic E-state index is 0.231. The van der Waals surface area contributed by atoms with E-state index in [9.17, 15) is 9.90 Å². The molecule has 1 aromatic rings. The lowest BCUT2D eigenvalue weighted by atomic mass is 10.1. The van der Waals surface area contributed by atoms with E-state index in [1.54, 1.807) is 25.1 Å². The van der Waals surface area contributed by atoms with E-state index in [1.807, 2.05) is 0 Å². The van der Waals surface area contributed by atoms with Crippen molar-refractivity contribution in [3.8, 4) is 5.75 Å². The zero-order chi connectivity index (χ0) is 13.8. The second kappa shape index (κ2) is 6.26. The number of carbonyl (C=O) groups is 1. The van der Waals surface area contributed by atoms with Crippen LogP contribution >= 0.6 is 11.6 Å². The van der Waals surface area contributed by atoms with Crippen molar-refractivity contribution in [2.75, 3.05) is 13.2 Å². The normalized spacial score (nSPS) is 15.9. The van der Waals surface area contributed by atoms with Crippen molar-refractivity contribution in [1.82, 2.24) is 0 Å². The van der Waals surface area contributed by atoms with Gasteiger partial charge in [0.15, 0.2) is 6.10 Å². The molecule has 0 radical (unpaired) electrons. The largest absolute Gasteiger partial charge is 0.492 e. The highest BCUT2D eigenvalue weighted by molar-refractivity contribution is 6.32. The number of benzene rings is 1. The third kappa shape index (κ3) is 3.85. The van der Waals surface area contributed by atoms with Gasteiger partial charge in [0.05, 0.1) is 18.2 Å². The molecule has 0 amide bonds. The fourth-order valence-electron chi connectivity index (χ4n) is 1.65. The molecule has 0 heterocycles. The Morgan fingerprint density at radius 3 is 2.89 bits per heavy atom. The second-order valence-electron chi connectivity index (χ2n) is 4.60. The summed E-state index contributed by atoms with van der Waals surface area (Å²) in [5.74, 6) is 0.432. The van der Waals surface area contributed by atoms with Crippen molar-refractivity contribution < 1.29 is 19.4 Å². The first-order chi connectivity index (χ1) is 9.11. The van der Waals surface area contributed by atoms with Crippen LogP contribution in [0.1, 0.15) is 31.4 Å². The van der Waals surface area contributed by atoms with Crippen LogP contribution in [0.4, 0.5) is 0 Å². The van der Waals surface area contributed by atoms with E-state index in [0.29, 0.717) is 28.9 Å². The molecular formula is C14H17ClO4. The summed E-state index contributed by atoms with van der Waals surface area (Å²) in [6.07, 6.45) is 1.06. The van der Waals surface area contributed by atoms with E-state index in [1.165, 1.54) is 12.8 Å². The van der Waals surface area contributed by atoms with Crippen LogP contribution < -0.4 is 4.74 Å². The van der Waals surface area contributed by atoms with Gasteiger partial charge in [-0.15, -0.1) is 0 Å². The van der Waals surface area contributed by atoms with Crippen molar-refractivity contribution in [3.63, 3.8) is 0 Å². The Morgan fingerprint density at radius 2 is 2.26 bits per heavy atom. The maximum atomic E-state index is 11.5. The van der Waals surface area contributed by atoms with E-state index >= 15 is 0 Å². The number of halogens is 1. The Morgan fingerprint density at radius 1 is 1.53 bits per heavy atom. The molecule has 0 aliphatic heterocycles. The van der Waals surface area contributed by atoms with E-state index in [2.05, 4.69) is 0 Å². The molecule has 104 valence electrons. The van der Waals surface area contributed by atoms with Crippen molar-refractivity contribution in [2.45, 2.75) is 25.9 Å². The first-order valence-corrected chi connectivity index (χ1v) is 6.76. The Labute approximate surface area is 117 Å². The lowest BCUT2D eigenvalue weighted by molar-refractivity contribution is -0.153. The maximum absolute atomic E-state index is 11.5. The minimum atomic E-state index is -1.31. The molecule has 1 unspecified atom stereocenters. The monoisotopic (exact) mass is 284 g/mol. The van der Waals surface area contributed by atoms with Gasteiger partial charge in [-0.3, -0.25) is 0 Å². The van der Waals surface area contributed by atoms with Gasteiger partial charge < -0.3 is 14.6 Å². The molecule has 4 nitrogen and oxygen atoms in total. The molecule has 1 aliphatic rings. The summed E-state index contributed by atoms with van der Waals surface area (Å²) in [7, 11) is 0. The summed E-state index contributed by atoms with van der Waals surface area (Å²) < 4.78 is 10.4. The molecule has 1 N–H and O–H groups in total. The van der Waals surface area contributed by atoms with Crippen LogP contribution in [0.15, 0.2) is 18.2 Å². The molecule has 1 saturated carbocycles. The molecule has 1 atom stereocenters. The number of aliphatic hydroxyl groups is 1. The predicted molar refractivity (Wildman–Crippen MR) is 71.3 cm³/mol. The Balaban J connectivity index is 2.07. The molecule has 5 heteroatoms. The van der Waals surface area contributed by atoms with Gasteiger partial charge in [0.2, 0.25) is 0 Å². The number of aliphatic hydroxyl groups excluding tert-OH is 1. The van der Waals surface area contributed by atoms with Crippen molar-refractivity contribution >= 4 is 17.6 Å². The van der Waals surface area contributed by atoms with Gasteiger partial charge in [0.1, 0.15) is 5.75 Å². The molecule has 1 aromatic carbocycles. The van der Waals surface area contributed by atoms with E-state index < -0.39 is 12.1 Å². The second-order valence-corrected chi connectivity index (χ2v) is 5.01. The van der Waals surface area contributed by atoms with E-state index in [0.717, 1.165) is 0 Å².